The summed E-state index contributed by atoms with van der Waals surface area (Å²) in [7, 11) is 1.33. The van der Waals surface area contributed by atoms with Crippen LogP contribution in [0.2, 0.25) is 10.0 Å². The number of benzene rings is 2. The summed E-state index contributed by atoms with van der Waals surface area (Å²) in [6.07, 6.45) is 2.23. The van der Waals surface area contributed by atoms with E-state index in [2.05, 4.69) is 4.99 Å². The van der Waals surface area contributed by atoms with E-state index in [9.17, 15) is 9.59 Å². The molecule has 0 N–H and O–H groups in total. The monoisotopic (exact) mass is 516 g/mol. The van der Waals surface area contributed by atoms with Crippen molar-refractivity contribution >= 4 is 46.6 Å². The molecule has 9 heteroatoms. The Kier molecular flexibility index (Phi) is 7.26. The number of fused-ring (bicyclic) bond motifs is 1. The summed E-state index contributed by atoms with van der Waals surface area (Å²) < 4.78 is 12.6. The highest BCUT2D eigenvalue weighted by Gasteiger charge is 2.33. The first-order valence-corrected chi connectivity index (χ1v) is 12.3. The Hall–Kier alpha value is -2.87. The van der Waals surface area contributed by atoms with E-state index in [1.54, 1.807) is 22.8 Å². The number of hydrogen-bond acceptors (Lipinski definition) is 6. The second kappa shape index (κ2) is 10.2. The number of allylic oxidation sites excluding steroid dienone is 1. The number of halogens is 2. The molecule has 0 aliphatic carbocycles. The fourth-order valence-electron chi connectivity index (χ4n) is 3.91. The minimum absolute atomic E-state index is 0.268. The molecule has 0 saturated heterocycles. The Morgan fingerprint density at radius 2 is 1.85 bits per heavy atom. The zero-order valence-electron chi connectivity index (χ0n) is 18.8. The van der Waals surface area contributed by atoms with Crippen LogP contribution in [-0.4, -0.2) is 24.3 Å². The molecule has 0 saturated carbocycles. The molecule has 0 amide bonds. The second-order valence-electron chi connectivity index (χ2n) is 7.45. The van der Waals surface area contributed by atoms with Crippen molar-refractivity contribution in [2.45, 2.75) is 26.3 Å². The lowest BCUT2D eigenvalue weighted by Gasteiger charge is -2.25. The lowest BCUT2D eigenvalue weighted by Crippen LogP contribution is -2.40. The molecule has 2 heterocycles. The summed E-state index contributed by atoms with van der Waals surface area (Å²) in [6.45, 7) is 4.19. The maximum absolute atomic E-state index is 13.6. The molecular formula is C25H22Cl2N2O4S. The molecule has 176 valence electrons. The van der Waals surface area contributed by atoms with E-state index in [0.717, 1.165) is 5.56 Å². The summed E-state index contributed by atoms with van der Waals surface area (Å²) in [5.41, 5.74) is 2.14. The van der Waals surface area contributed by atoms with E-state index in [4.69, 9.17) is 32.7 Å². The van der Waals surface area contributed by atoms with Crippen LogP contribution in [0.15, 0.2) is 63.5 Å². The van der Waals surface area contributed by atoms with Gasteiger partial charge in [-0.3, -0.25) is 9.36 Å². The van der Waals surface area contributed by atoms with Gasteiger partial charge in [0.15, 0.2) is 10.6 Å². The van der Waals surface area contributed by atoms with Gasteiger partial charge in [-0.1, -0.05) is 71.8 Å². The molecule has 1 atom stereocenters. The first-order valence-electron chi connectivity index (χ1n) is 10.7. The van der Waals surface area contributed by atoms with E-state index >= 15 is 0 Å². The Balaban J connectivity index is 1.95. The molecule has 1 aliphatic heterocycles. The summed E-state index contributed by atoms with van der Waals surface area (Å²) in [5.74, 6) is -0.0994. The van der Waals surface area contributed by atoms with Crippen molar-refractivity contribution in [3.8, 4) is 5.75 Å². The topological polar surface area (TPSA) is 69.9 Å². The summed E-state index contributed by atoms with van der Waals surface area (Å²) in [4.78, 5) is 31.6. The SMILES string of the molecule is CCOc1c(Cl)cc(/C=c2\sc3n(c2=O)[C@@H](c2ccccc2)C(C(=O)OC)=C(CC)N=3)cc1Cl. The highest BCUT2D eigenvalue weighted by atomic mass is 35.5. The zero-order chi connectivity index (χ0) is 24.4. The molecule has 1 aromatic heterocycles. The third-order valence-electron chi connectivity index (χ3n) is 5.37. The minimum atomic E-state index is -0.644. The van der Waals surface area contributed by atoms with Crippen LogP contribution in [0, 0.1) is 0 Å². The minimum Gasteiger partial charge on any atom is -0.491 e. The quantitative estimate of drug-likeness (QED) is 0.452. The van der Waals surface area contributed by atoms with Crippen LogP contribution in [0.3, 0.4) is 0 Å². The van der Waals surface area contributed by atoms with Crippen molar-refractivity contribution in [3.05, 3.63) is 94.6 Å². The molecule has 0 radical (unpaired) electrons. The molecule has 0 bridgehead atoms. The molecule has 34 heavy (non-hydrogen) atoms. The van der Waals surface area contributed by atoms with E-state index in [0.29, 0.717) is 55.0 Å². The van der Waals surface area contributed by atoms with Crippen LogP contribution in [0.25, 0.3) is 6.08 Å². The van der Waals surface area contributed by atoms with Gasteiger partial charge in [0.2, 0.25) is 0 Å². The van der Waals surface area contributed by atoms with Gasteiger partial charge in [0.1, 0.15) is 0 Å². The first kappa shape index (κ1) is 24.3. The number of carbonyl (C=O) groups excluding carboxylic acids is 1. The van der Waals surface area contributed by atoms with Gasteiger partial charge in [0, 0.05) is 0 Å². The standard InChI is InChI=1S/C25H22Cl2N2O4S/c1-4-18-20(24(31)32-3)21(15-9-7-6-8-10-15)29-23(30)19(34-25(29)28-18)13-14-11-16(26)22(33-5-2)17(27)12-14/h6-13,21H,4-5H2,1-3H3/b19-13-/t21-/m0/s1. The number of carbonyl (C=O) groups is 1. The molecule has 0 fully saturated rings. The number of ether oxygens (including phenoxy) is 2. The van der Waals surface area contributed by atoms with Crippen molar-refractivity contribution in [1.29, 1.82) is 0 Å². The first-order chi connectivity index (χ1) is 16.4. The lowest BCUT2D eigenvalue weighted by molar-refractivity contribution is -0.136. The Bertz CT molecular complexity index is 1440. The number of esters is 1. The highest BCUT2D eigenvalue weighted by Crippen LogP contribution is 2.35. The number of nitrogens with zero attached hydrogens (tertiary/aromatic N) is 2. The van der Waals surface area contributed by atoms with Gasteiger partial charge in [-0.25, -0.2) is 9.79 Å². The third-order valence-corrected chi connectivity index (χ3v) is 6.92. The van der Waals surface area contributed by atoms with Crippen LogP contribution >= 0.6 is 34.5 Å². The number of methoxy groups -OCH3 is 1. The Morgan fingerprint density at radius 3 is 2.44 bits per heavy atom. The molecule has 0 unspecified atom stereocenters. The third kappa shape index (κ3) is 4.43. The summed E-state index contributed by atoms with van der Waals surface area (Å²) in [5, 5.41) is 0.716. The van der Waals surface area contributed by atoms with Gasteiger partial charge in [-0.05, 0) is 42.7 Å². The second-order valence-corrected chi connectivity index (χ2v) is 9.27. The number of rotatable bonds is 6. The van der Waals surface area contributed by atoms with Gasteiger partial charge in [0.25, 0.3) is 5.56 Å². The van der Waals surface area contributed by atoms with E-state index in [-0.39, 0.29) is 5.56 Å². The maximum Gasteiger partial charge on any atom is 0.338 e. The van der Waals surface area contributed by atoms with E-state index in [1.165, 1.54) is 18.4 Å². The molecular weight excluding hydrogens is 495 g/mol. The summed E-state index contributed by atoms with van der Waals surface area (Å²) >= 11 is 13.9. The number of aromatic nitrogens is 1. The van der Waals surface area contributed by atoms with E-state index in [1.807, 2.05) is 44.2 Å². The highest BCUT2D eigenvalue weighted by molar-refractivity contribution is 7.07. The molecule has 1 aliphatic rings. The van der Waals surface area contributed by atoms with E-state index < -0.39 is 12.0 Å². The predicted molar refractivity (Wildman–Crippen MR) is 134 cm³/mol. The summed E-state index contributed by atoms with van der Waals surface area (Å²) in [6, 6.07) is 12.1. The number of hydrogen-bond donors (Lipinski definition) is 0. The molecule has 4 rings (SSSR count). The zero-order valence-corrected chi connectivity index (χ0v) is 21.1. The average Bonchev–Trinajstić information content (AvgIpc) is 3.14. The molecule has 3 aromatic rings. The van der Waals surface area contributed by atoms with Gasteiger partial charge >= 0.3 is 5.97 Å². The fourth-order valence-corrected chi connectivity index (χ4v) is 5.54. The average molecular weight is 517 g/mol. The van der Waals surface area contributed by atoms with Gasteiger partial charge in [-0.15, -0.1) is 0 Å². The van der Waals surface area contributed by atoms with Gasteiger partial charge < -0.3 is 9.47 Å². The Labute approximate surface area is 210 Å². The molecule has 0 spiro atoms. The normalized spacial score (nSPS) is 15.7. The van der Waals surface area contributed by atoms with Crippen molar-refractivity contribution in [3.63, 3.8) is 0 Å². The van der Waals surface area contributed by atoms with Crippen molar-refractivity contribution in [1.82, 2.24) is 4.57 Å². The molecule has 2 aromatic carbocycles. The maximum atomic E-state index is 13.6. The van der Waals surface area contributed by atoms with Gasteiger partial charge in [-0.2, -0.15) is 0 Å². The fraction of sp³-hybridized carbons (Fsp3) is 0.240. The number of thiazole rings is 1. The predicted octanol–water partition coefficient (Wildman–Crippen LogP) is 4.50. The van der Waals surface area contributed by atoms with Crippen LogP contribution in [0.1, 0.15) is 37.4 Å². The van der Waals surface area contributed by atoms with Crippen LogP contribution in [-0.2, 0) is 9.53 Å². The van der Waals surface area contributed by atoms with Crippen molar-refractivity contribution < 1.29 is 14.3 Å². The van der Waals surface area contributed by atoms with Crippen LogP contribution in [0.4, 0.5) is 0 Å². The largest absolute Gasteiger partial charge is 0.491 e. The van der Waals surface area contributed by atoms with Crippen LogP contribution in [0.5, 0.6) is 5.75 Å². The smallest absolute Gasteiger partial charge is 0.338 e. The van der Waals surface area contributed by atoms with Crippen molar-refractivity contribution in [2.24, 2.45) is 4.99 Å². The molecule has 6 nitrogen and oxygen atoms in total. The van der Waals surface area contributed by atoms with Crippen molar-refractivity contribution in [2.75, 3.05) is 13.7 Å². The van der Waals surface area contributed by atoms with Gasteiger partial charge in [0.05, 0.1) is 45.6 Å². The van der Waals surface area contributed by atoms with Crippen LogP contribution < -0.4 is 19.6 Å². The Morgan fingerprint density at radius 1 is 1.18 bits per heavy atom. The lowest BCUT2D eigenvalue weighted by atomic mass is 9.95.